The van der Waals surface area contributed by atoms with Crippen molar-refractivity contribution in [2.75, 3.05) is 19.0 Å². The molecule has 0 unspecified atom stereocenters. The molecule has 26 heavy (non-hydrogen) atoms. The van der Waals surface area contributed by atoms with Crippen LogP contribution in [0.4, 0.5) is 5.69 Å². The number of amides is 1. The number of methoxy groups -OCH3 is 1. The lowest BCUT2D eigenvalue weighted by molar-refractivity contribution is -0.121. The van der Waals surface area contributed by atoms with Gasteiger partial charge in [0.05, 0.1) is 19.9 Å². The molecule has 0 fully saturated rings. The molecule has 0 saturated heterocycles. The number of carbonyl (C=O) groups excluding carboxylic acids is 1. The van der Waals surface area contributed by atoms with E-state index in [-0.39, 0.29) is 11.7 Å². The first-order valence-electron chi connectivity index (χ1n) is 8.23. The number of hydrogen-bond acceptors (Lipinski definition) is 6. The highest BCUT2D eigenvalue weighted by Crippen LogP contribution is 2.27. The summed E-state index contributed by atoms with van der Waals surface area (Å²) in [7, 11) is 1.46. The van der Waals surface area contributed by atoms with Crippen molar-refractivity contribution in [3.63, 3.8) is 0 Å². The fourth-order valence-corrected chi connectivity index (χ4v) is 2.20. The molecule has 1 amide bonds. The molecule has 0 aliphatic heterocycles. The van der Waals surface area contributed by atoms with Crippen LogP contribution in [0.1, 0.15) is 19.4 Å². The number of nitrogens with zero attached hydrogens (tertiary/aromatic N) is 1. The highest BCUT2D eigenvalue weighted by molar-refractivity contribution is 5.88. The molecule has 1 atom stereocenters. The number of rotatable bonds is 8. The minimum atomic E-state index is -0.496. The van der Waals surface area contributed by atoms with E-state index in [9.17, 15) is 9.90 Å². The van der Waals surface area contributed by atoms with Crippen molar-refractivity contribution in [2.45, 2.75) is 19.9 Å². The zero-order valence-corrected chi connectivity index (χ0v) is 15.0. The number of phenols is 1. The molecule has 0 heterocycles. The normalized spacial score (nSPS) is 11.8. The summed E-state index contributed by atoms with van der Waals surface area (Å²) in [5.41, 5.74) is 3.68. The van der Waals surface area contributed by atoms with Gasteiger partial charge in [-0.15, -0.1) is 0 Å². The van der Waals surface area contributed by atoms with E-state index in [0.29, 0.717) is 17.9 Å². The van der Waals surface area contributed by atoms with E-state index >= 15 is 0 Å². The van der Waals surface area contributed by atoms with E-state index in [2.05, 4.69) is 15.8 Å². The van der Waals surface area contributed by atoms with E-state index in [0.717, 1.165) is 11.4 Å². The maximum Gasteiger partial charge on any atom is 0.262 e. The molecule has 138 valence electrons. The summed E-state index contributed by atoms with van der Waals surface area (Å²) >= 11 is 0. The fraction of sp³-hybridized carbons (Fsp3) is 0.263. The van der Waals surface area contributed by atoms with Crippen LogP contribution in [0.15, 0.2) is 47.6 Å². The van der Waals surface area contributed by atoms with Crippen LogP contribution >= 0.6 is 0 Å². The quantitative estimate of drug-likeness (QED) is 0.499. The molecule has 0 aliphatic rings. The van der Waals surface area contributed by atoms with Gasteiger partial charge in [0.15, 0.2) is 11.5 Å². The average Bonchev–Trinajstić information content (AvgIpc) is 2.64. The Labute approximate surface area is 152 Å². The SMILES string of the molecule is CCOc1ccc(N[C@H](C)C(=O)N/N=C\c2cccc(OC)c2O)cc1. The molecule has 0 spiro atoms. The molecule has 0 radical (unpaired) electrons. The molecule has 2 rings (SSSR count). The van der Waals surface area contributed by atoms with Gasteiger partial charge in [0.1, 0.15) is 11.8 Å². The summed E-state index contributed by atoms with van der Waals surface area (Å²) in [5.74, 6) is 0.773. The van der Waals surface area contributed by atoms with Crippen molar-refractivity contribution < 1.29 is 19.4 Å². The highest BCUT2D eigenvalue weighted by atomic mass is 16.5. The number of phenolic OH excluding ortho intramolecular Hbond substituents is 1. The maximum atomic E-state index is 12.1. The van der Waals surface area contributed by atoms with E-state index in [1.54, 1.807) is 25.1 Å². The van der Waals surface area contributed by atoms with Crippen molar-refractivity contribution in [1.29, 1.82) is 0 Å². The predicted molar refractivity (Wildman–Crippen MR) is 101 cm³/mol. The number of hydrazone groups is 1. The number of carbonyl (C=O) groups is 1. The zero-order chi connectivity index (χ0) is 18.9. The van der Waals surface area contributed by atoms with Gasteiger partial charge in [-0.25, -0.2) is 5.43 Å². The lowest BCUT2D eigenvalue weighted by Crippen LogP contribution is -2.34. The number of nitrogens with one attached hydrogen (secondary N) is 2. The average molecular weight is 357 g/mol. The van der Waals surface area contributed by atoms with E-state index in [1.165, 1.54) is 13.3 Å². The zero-order valence-electron chi connectivity index (χ0n) is 15.0. The molecule has 0 saturated carbocycles. The van der Waals surface area contributed by atoms with E-state index in [1.807, 2.05) is 31.2 Å². The number of ether oxygens (including phenoxy) is 2. The fourth-order valence-electron chi connectivity index (χ4n) is 2.20. The van der Waals surface area contributed by atoms with Crippen molar-refractivity contribution >= 4 is 17.8 Å². The minimum Gasteiger partial charge on any atom is -0.504 e. The molecular weight excluding hydrogens is 334 g/mol. The van der Waals surface area contributed by atoms with Gasteiger partial charge < -0.3 is 19.9 Å². The summed E-state index contributed by atoms with van der Waals surface area (Å²) in [6.07, 6.45) is 1.36. The van der Waals surface area contributed by atoms with Crippen molar-refractivity contribution in [3.8, 4) is 17.2 Å². The number of para-hydroxylation sites is 1. The Morgan fingerprint density at radius 3 is 2.65 bits per heavy atom. The van der Waals surface area contributed by atoms with Crippen LogP contribution in [0, 0.1) is 0 Å². The summed E-state index contributed by atoms with van der Waals surface area (Å²) in [4.78, 5) is 12.1. The lowest BCUT2D eigenvalue weighted by Gasteiger charge is -2.14. The van der Waals surface area contributed by atoms with E-state index in [4.69, 9.17) is 9.47 Å². The topological polar surface area (TPSA) is 92.2 Å². The monoisotopic (exact) mass is 357 g/mol. The number of anilines is 1. The van der Waals surface area contributed by atoms with Gasteiger partial charge in [0.25, 0.3) is 5.91 Å². The van der Waals surface area contributed by atoms with Gasteiger partial charge in [-0.3, -0.25) is 4.79 Å². The first-order valence-corrected chi connectivity index (χ1v) is 8.23. The Balaban J connectivity index is 1.90. The molecule has 7 heteroatoms. The van der Waals surface area contributed by atoms with Crippen LogP contribution in [0.5, 0.6) is 17.2 Å². The minimum absolute atomic E-state index is 0.0337. The van der Waals surface area contributed by atoms with Crippen LogP contribution in [0.3, 0.4) is 0 Å². The Hall–Kier alpha value is -3.22. The largest absolute Gasteiger partial charge is 0.504 e. The molecule has 0 bridgehead atoms. The second-order valence-electron chi connectivity index (χ2n) is 5.46. The smallest absolute Gasteiger partial charge is 0.262 e. The van der Waals surface area contributed by atoms with Gasteiger partial charge in [0.2, 0.25) is 0 Å². The third-order valence-corrected chi connectivity index (χ3v) is 3.57. The first kappa shape index (κ1) is 19.1. The van der Waals surface area contributed by atoms with Crippen LogP contribution in [0.25, 0.3) is 0 Å². The van der Waals surface area contributed by atoms with Crippen LogP contribution < -0.4 is 20.2 Å². The predicted octanol–water partition coefficient (Wildman–Crippen LogP) is 2.75. The lowest BCUT2D eigenvalue weighted by atomic mass is 10.2. The Bertz CT molecular complexity index is 760. The van der Waals surface area contributed by atoms with Crippen LogP contribution in [0.2, 0.25) is 0 Å². The standard InChI is InChI=1S/C19H23N3O4/c1-4-26-16-10-8-15(9-11-16)21-13(2)19(24)22-20-12-14-6-5-7-17(25-3)18(14)23/h5-13,21,23H,4H2,1-3H3,(H,22,24)/b20-12-/t13-/m1/s1. The van der Waals surface area contributed by atoms with Crippen molar-refractivity contribution in [1.82, 2.24) is 5.43 Å². The van der Waals surface area contributed by atoms with Gasteiger partial charge in [-0.1, -0.05) is 6.07 Å². The Morgan fingerprint density at radius 2 is 2.00 bits per heavy atom. The molecule has 7 nitrogen and oxygen atoms in total. The summed E-state index contributed by atoms with van der Waals surface area (Å²) in [6, 6.07) is 11.9. The Morgan fingerprint density at radius 1 is 1.27 bits per heavy atom. The number of benzene rings is 2. The molecule has 0 aromatic heterocycles. The maximum absolute atomic E-state index is 12.1. The van der Waals surface area contributed by atoms with Gasteiger partial charge >= 0.3 is 0 Å². The summed E-state index contributed by atoms with van der Waals surface area (Å²) < 4.78 is 10.4. The third-order valence-electron chi connectivity index (χ3n) is 3.57. The van der Waals surface area contributed by atoms with Crippen LogP contribution in [-0.2, 0) is 4.79 Å². The third kappa shape index (κ3) is 5.14. The van der Waals surface area contributed by atoms with E-state index < -0.39 is 6.04 Å². The van der Waals surface area contributed by atoms with Crippen molar-refractivity contribution in [2.24, 2.45) is 5.10 Å². The highest BCUT2D eigenvalue weighted by Gasteiger charge is 2.12. The van der Waals surface area contributed by atoms with Gasteiger partial charge in [-0.2, -0.15) is 5.10 Å². The van der Waals surface area contributed by atoms with Crippen molar-refractivity contribution in [3.05, 3.63) is 48.0 Å². The second kappa shape index (κ2) is 9.31. The summed E-state index contributed by atoms with van der Waals surface area (Å²) in [6.45, 7) is 4.25. The van der Waals surface area contributed by atoms with Gasteiger partial charge in [0, 0.05) is 11.3 Å². The number of hydrogen-bond donors (Lipinski definition) is 3. The first-order chi connectivity index (χ1) is 12.5. The second-order valence-corrected chi connectivity index (χ2v) is 5.46. The molecule has 2 aromatic carbocycles. The summed E-state index contributed by atoms with van der Waals surface area (Å²) in [5, 5.41) is 16.9. The van der Waals surface area contributed by atoms with Gasteiger partial charge in [-0.05, 0) is 50.2 Å². The molecule has 2 aromatic rings. The van der Waals surface area contributed by atoms with Crippen LogP contribution in [-0.4, -0.2) is 37.0 Å². The molecule has 0 aliphatic carbocycles. The Kier molecular flexibility index (Phi) is 6.84. The molecule has 3 N–H and O–H groups in total. The number of aromatic hydroxyl groups is 1. The molecular formula is C19H23N3O4.